The third-order valence-corrected chi connectivity index (χ3v) is 4.44. The maximum atomic E-state index is 13.1. The zero-order valence-corrected chi connectivity index (χ0v) is 14.2. The summed E-state index contributed by atoms with van der Waals surface area (Å²) in [6.07, 6.45) is 0. The third kappa shape index (κ3) is 2.97. The van der Waals surface area contributed by atoms with E-state index in [0.717, 1.165) is 11.1 Å². The number of benzene rings is 2. The standard InChI is InChI=1S/C20H13ClFNO3/c21-14-5-3-13(4-6-14)18-9-16-19(26-18)10-17(20(24)25)23(16)11-12-1-7-15(22)8-2-12/h1-10H,11H2,(H,24,25). The van der Waals surface area contributed by atoms with E-state index in [1.807, 2.05) is 12.1 Å². The lowest BCUT2D eigenvalue weighted by molar-refractivity contribution is 0.0686. The van der Waals surface area contributed by atoms with Gasteiger partial charge in [-0.15, -0.1) is 0 Å². The number of aromatic carboxylic acids is 1. The fourth-order valence-corrected chi connectivity index (χ4v) is 3.04. The van der Waals surface area contributed by atoms with Crippen molar-refractivity contribution in [1.82, 2.24) is 4.57 Å². The first-order valence-electron chi connectivity index (χ1n) is 7.88. The number of carbonyl (C=O) groups is 1. The molecular weight excluding hydrogens is 357 g/mol. The summed E-state index contributed by atoms with van der Waals surface area (Å²) in [4.78, 5) is 11.6. The number of nitrogens with zero attached hydrogens (tertiary/aromatic N) is 1. The van der Waals surface area contributed by atoms with Gasteiger partial charge < -0.3 is 14.1 Å². The molecule has 6 heteroatoms. The van der Waals surface area contributed by atoms with Crippen molar-refractivity contribution in [3.8, 4) is 11.3 Å². The maximum absolute atomic E-state index is 13.1. The molecule has 0 aliphatic carbocycles. The van der Waals surface area contributed by atoms with Gasteiger partial charge in [0.25, 0.3) is 0 Å². The Bertz CT molecular complexity index is 1090. The second-order valence-electron chi connectivity index (χ2n) is 5.91. The Hall–Kier alpha value is -3.05. The van der Waals surface area contributed by atoms with E-state index < -0.39 is 5.97 Å². The molecule has 4 aromatic rings. The molecule has 0 saturated carbocycles. The molecule has 4 nitrogen and oxygen atoms in total. The summed E-state index contributed by atoms with van der Waals surface area (Å²) >= 11 is 5.91. The predicted octanol–water partition coefficient (Wildman–Crippen LogP) is 5.44. The van der Waals surface area contributed by atoms with E-state index in [2.05, 4.69) is 0 Å². The molecule has 130 valence electrons. The maximum Gasteiger partial charge on any atom is 0.352 e. The number of hydrogen-bond acceptors (Lipinski definition) is 2. The van der Waals surface area contributed by atoms with Crippen molar-refractivity contribution in [2.45, 2.75) is 6.54 Å². The molecule has 0 radical (unpaired) electrons. The summed E-state index contributed by atoms with van der Waals surface area (Å²) < 4.78 is 20.6. The van der Waals surface area contributed by atoms with Gasteiger partial charge in [-0.2, -0.15) is 0 Å². The molecule has 4 rings (SSSR count). The molecule has 0 saturated heterocycles. The highest BCUT2D eigenvalue weighted by Crippen LogP contribution is 2.31. The Labute approximate surface area is 153 Å². The Morgan fingerprint density at radius 3 is 2.42 bits per heavy atom. The van der Waals surface area contributed by atoms with Gasteiger partial charge >= 0.3 is 5.97 Å². The van der Waals surface area contributed by atoms with E-state index in [0.29, 0.717) is 28.4 Å². The van der Waals surface area contributed by atoms with Crippen LogP contribution in [0.2, 0.25) is 5.02 Å². The van der Waals surface area contributed by atoms with Crippen molar-refractivity contribution >= 4 is 28.7 Å². The number of aromatic nitrogens is 1. The monoisotopic (exact) mass is 369 g/mol. The molecule has 2 aromatic carbocycles. The Morgan fingerprint density at radius 1 is 1.08 bits per heavy atom. The minimum Gasteiger partial charge on any atom is -0.477 e. The topological polar surface area (TPSA) is 55.4 Å². The molecule has 0 amide bonds. The van der Waals surface area contributed by atoms with Crippen LogP contribution in [0.5, 0.6) is 0 Å². The molecule has 0 atom stereocenters. The second-order valence-corrected chi connectivity index (χ2v) is 6.35. The Morgan fingerprint density at radius 2 is 1.77 bits per heavy atom. The summed E-state index contributed by atoms with van der Waals surface area (Å²) in [5.41, 5.74) is 2.90. The Balaban J connectivity index is 1.80. The van der Waals surface area contributed by atoms with Gasteiger partial charge in [0.2, 0.25) is 0 Å². The molecule has 2 aromatic heterocycles. The number of furan rings is 1. The van der Waals surface area contributed by atoms with Gasteiger partial charge in [0.1, 0.15) is 17.3 Å². The normalized spacial score (nSPS) is 11.2. The highest BCUT2D eigenvalue weighted by Gasteiger charge is 2.19. The van der Waals surface area contributed by atoms with Crippen molar-refractivity contribution in [3.63, 3.8) is 0 Å². The third-order valence-electron chi connectivity index (χ3n) is 4.19. The largest absolute Gasteiger partial charge is 0.477 e. The van der Waals surface area contributed by atoms with E-state index in [4.69, 9.17) is 16.0 Å². The number of carboxylic acid groups (broad SMARTS) is 1. The molecule has 0 aliphatic heterocycles. The van der Waals surface area contributed by atoms with Gasteiger partial charge in [-0.25, -0.2) is 9.18 Å². The van der Waals surface area contributed by atoms with Crippen molar-refractivity contribution in [2.24, 2.45) is 0 Å². The highest BCUT2D eigenvalue weighted by atomic mass is 35.5. The summed E-state index contributed by atoms with van der Waals surface area (Å²) in [6.45, 7) is 0.297. The van der Waals surface area contributed by atoms with E-state index in [1.54, 1.807) is 34.9 Å². The van der Waals surface area contributed by atoms with Crippen LogP contribution in [0.4, 0.5) is 4.39 Å². The summed E-state index contributed by atoms with van der Waals surface area (Å²) in [5.74, 6) is -0.763. The second kappa shape index (κ2) is 6.35. The highest BCUT2D eigenvalue weighted by molar-refractivity contribution is 6.30. The van der Waals surface area contributed by atoms with E-state index >= 15 is 0 Å². The number of rotatable bonds is 4. The van der Waals surface area contributed by atoms with Crippen LogP contribution in [0.1, 0.15) is 16.1 Å². The molecule has 2 heterocycles. The smallest absolute Gasteiger partial charge is 0.352 e. The lowest BCUT2D eigenvalue weighted by Gasteiger charge is -2.07. The molecule has 1 N–H and O–H groups in total. The number of carboxylic acids is 1. The van der Waals surface area contributed by atoms with Crippen molar-refractivity contribution in [3.05, 3.63) is 82.8 Å². The first-order chi connectivity index (χ1) is 12.5. The van der Waals surface area contributed by atoms with Crippen LogP contribution in [0.15, 0.2) is 65.1 Å². The van der Waals surface area contributed by atoms with Gasteiger partial charge in [0.05, 0.1) is 5.52 Å². The number of fused-ring (bicyclic) bond motifs is 1. The van der Waals surface area contributed by atoms with Gasteiger partial charge in [-0.1, -0.05) is 23.7 Å². The summed E-state index contributed by atoms with van der Waals surface area (Å²) in [7, 11) is 0. The van der Waals surface area contributed by atoms with Crippen molar-refractivity contribution in [2.75, 3.05) is 0 Å². The average molecular weight is 370 g/mol. The SMILES string of the molecule is O=C(O)c1cc2oc(-c3ccc(Cl)cc3)cc2n1Cc1ccc(F)cc1. The minimum absolute atomic E-state index is 0.116. The van der Waals surface area contributed by atoms with Crippen LogP contribution < -0.4 is 0 Å². The first-order valence-corrected chi connectivity index (χ1v) is 8.26. The van der Waals surface area contributed by atoms with Crippen LogP contribution >= 0.6 is 11.6 Å². The predicted molar refractivity (Wildman–Crippen MR) is 97.1 cm³/mol. The lowest BCUT2D eigenvalue weighted by atomic mass is 10.2. The van der Waals surface area contributed by atoms with E-state index in [9.17, 15) is 14.3 Å². The molecule has 0 fully saturated rings. The zero-order valence-electron chi connectivity index (χ0n) is 13.4. The lowest BCUT2D eigenvalue weighted by Crippen LogP contribution is -2.09. The summed E-state index contributed by atoms with van der Waals surface area (Å²) in [5, 5.41) is 10.1. The molecule has 0 unspecified atom stereocenters. The summed E-state index contributed by atoms with van der Waals surface area (Å²) in [6, 6.07) is 16.5. The minimum atomic E-state index is -1.05. The molecule has 0 bridgehead atoms. The fourth-order valence-electron chi connectivity index (χ4n) is 2.92. The molecule has 0 spiro atoms. The Kier molecular flexibility index (Phi) is 4.01. The average Bonchev–Trinajstić information content (AvgIpc) is 3.17. The fraction of sp³-hybridized carbons (Fsp3) is 0.0500. The van der Waals surface area contributed by atoms with Crippen LogP contribution in [0, 0.1) is 5.82 Å². The van der Waals surface area contributed by atoms with Crippen molar-refractivity contribution in [1.29, 1.82) is 0 Å². The number of hydrogen-bond donors (Lipinski definition) is 1. The molecule has 0 aliphatic rings. The first kappa shape index (κ1) is 16.4. The van der Waals surface area contributed by atoms with E-state index in [1.165, 1.54) is 18.2 Å². The van der Waals surface area contributed by atoms with Gasteiger partial charge in [0.15, 0.2) is 5.58 Å². The number of halogens is 2. The van der Waals surface area contributed by atoms with Crippen LogP contribution in [-0.4, -0.2) is 15.6 Å². The van der Waals surface area contributed by atoms with Crippen LogP contribution in [0.3, 0.4) is 0 Å². The van der Waals surface area contributed by atoms with Gasteiger partial charge in [-0.3, -0.25) is 0 Å². The van der Waals surface area contributed by atoms with Gasteiger partial charge in [-0.05, 0) is 42.0 Å². The quantitative estimate of drug-likeness (QED) is 0.521. The molecule has 26 heavy (non-hydrogen) atoms. The van der Waals surface area contributed by atoms with Crippen LogP contribution in [0.25, 0.3) is 22.4 Å². The molecular formula is C20H13ClFNO3. The van der Waals surface area contributed by atoms with Crippen LogP contribution in [-0.2, 0) is 6.54 Å². The van der Waals surface area contributed by atoms with Gasteiger partial charge in [0, 0.05) is 29.3 Å². The zero-order chi connectivity index (χ0) is 18.3. The van der Waals surface area contributed by atoms with Crippen molar-refractivity contribution < 1.29 is 18.7 Å². The van der Waals surface area contributed by atoms with E-state index in [-0.39, 0.29) is 11.5 Å².